The highest BCUT2D eigenvalue weighted by molar-refractivity contribution is 6.29. The van der Waals surface area contributed by atoms with Crippen molar-refractivity contribution in [2.45, 2.75) is 19.8 Å². The number of urea groups is 1. The number of allylic oxidation sites excluding steroid dienone is 2. The molecule has 5 rings (SSSR count). The zero-order valence-corrected chi connectivity index (χ0v) is 19.8. The van der Waals surface area contributed by atoms with Crippen molar-refractivity contribution in [1.29, 1.82) is 0 Å². The molecule has 3 aromatic rings. The van der Waals surface area contributed by atoms with Gasteiger partial charge in [0.25, 0.3) is 11.8 Å². The van der Waals surface area contributed by atoms with Crippen LogP contribution in [0.4, 0.5) is 4.79 Å². The van der Waals surface area contributed by atoms with E-state index in [1.54, 1.807) is 0 Å². The number of barbiturate groups is 1. The Balaban J connectivity index is 1.77. The molecule has 0 aliphatic carbocycles. The number of nitrogens with one attached hydrogen (secondary N) is 2. The average molecular weight is 481 g/mol. The van der Waals surface area contributed by atoms with E-state index >= 15 is 0 Å². The fourth-order valence-electron chi connectivity index (χ4n) is 4.53. The number of imide groups is 2. The maximum atomic E-state index is 12.7. The summed E-state index contributed by atoms with van der Waals surface area (Å²) < 4.78 is 12.0. The molecule has 2 aliphatic heterocycles. The fourth-order valence-corrected chi connectivity index (χ4v) is 4.53. The first kappa shape index (κ1) is 23.1. The lowest BCUT2D eigenvalue weighted by molar-refractivity contribution is -0.124. The molecule has 1 saturated heterocycles. The summed E-state index contributed by atoms with van der Waals surface area (Å²) in [4.78, 5) is 37.0. The summed E-state index contributed by atoms with van der Waals surface area (Å²) in [5.41, 5.74) is 4.17. The SMILES string of the molecule is CCOc1ccc(C2=C(C=C3C(=O)NC(=O)NC3=O)C(c3ccccc3C)c3ccccc3O2)cc1. The molecule has 0 saturated carbocycles. The molecule has 2 N–H and O–H groups in total. The van der Waals surface area contributed by atoms with Gasteiger partial charge in [0.2, 0.25) is 0 Å². The van der Waals surface area contributed by atoms with E-state index in [1.807, 2.05) is 86.6 Å². The molecule has 4 amide bonds. The summed E-state index contributed by atoms with van der Waals surface area (Å²) in [6.45, 7) is 4.48. The van der Waals surface area contributed by atoms with E-state index in [0.717, 1.165) is 28.0 Å². The number of carbonyl (C=O) groups excluding carboxylic acids is 3. The van der Waals surface area contributed by atoms with E-state index in [0.29, 0.717) is 23.7 Å². The van der Waals surface area contributed by atoms with Crippen molar-refractivity contribution in [3.63, 3.8) is 0 Å². The van der Waals surface area contributed by atoms with Crippen molar-refractivity contribution in [3.05, 3.63) is 112 Å². The van der Waals surface area contributed by atoms with Crippen LogP contribution in [0.5, 0.6) is 11.5 Å². The lowest BCUT2D eigenvalue weighted by Gasteiger charge is -2.31. The number of hydrogen-bond donors (Lipinski definition) is 2. The Hall–Kier alpha value is -4.65. The van der Waals surface area contributed by atoms with E-state index in [1.165, 1.54) is 6.08 Å². The van der Waals surface area contributed by atoms with Crippen LogP contribution in [-0.4, -0.2) is 24.5 Å². The van der Waals surface area contributed by atoms with Crippen LogP contribution in [-0.2, 0) is 9.59 Å². The summed E-state index contributed by atoms with van der Waals surface area (Å²) in [5, 5.41) is 4.31. The van der Waals surface area contributed by atoms with Crippen LogP contribution in [0.15, 0.2) is 90.0 Å². The van der Waals surface area contributed by atoms with Gasteiger partial charge in [-0.15, -0.1) is 0 Å². The van der Waals surface area contributed by atoms with E-state index in [9.17, 15) is 14.4 Å². The van der Waals surface area contributed by atoms with Crippen molar-refractivity contribution in [2.75, 3.05) is 6.61 Å². The Morgan fingerprint density at radius 1 is 0.861 bits per heavy atom. The molecule has 7 nitrogen and oxygen atoms in total. The van der Waals surface area contributed by atoms with Gasteiger partial charge >= 0.3 is 6.03 Å². The maximum Gasteiger partial charge on any atom is 0.328 e. The number of aryl methyl sites for hydroxylation is 1. The molecule has 180 valence electrons. The van der Waals surface area contributed by atoms with Gasteiger partial charge in [0.05, 0.1) is 6.61 Å². The second-order valence-corrected chi connectivity index (χ2v) is 8.47. The lowest BCUT2D eigenvalue weighted by Crippen LogP contribution is -2.51. The third kappa shape index (κ3) is 4.27. The Morgan fingerprint density at radius 3 is 2.17 bits per heavy atom. The third-order valence-electron chi connectivity index (χ3n) is 6.19. The van der Waals surface area contributed by atoms with Crippen LogP contribution in [0.2, 0.25) is 0 Å². The van der Waals surface area contributed by atoms with E-state index in [4.69, 9.17) is 9.47 Å². The number of rotatable bonds is 5. The molecule has 1 unspecified atom stereocenters. The first-order chi connectivity index (χ1) is 17.5. The maximum absolute atomic E-state index is 12.7. The molecule has 1 fully saturated rings. The molecule has 7 heteroatoms. The van der Waals surface area contributed by atoms with Gasteiger partial charge in [0.15, 0.2) is 0 Å². The highest BCUT2D eigenvalue weighted by Crippen LogP contribution is 2.47. The average Bonchev–Trinajstić information content (AvgIpc) is 2.87. The van der Waals surface area contributed by atoms with Crippen LogP contribution >= 0.6 is 0 Å². The minimum atomic E-state index is -0.844. The summed E-state index contributed by atoms with van der Waals surface area (Å²) in [6, 6.07) is 22.3. The second-order valence-electron chi connectivity index (χ2n) is 8.47. The number of para-hydroxylation sites is 1. The first-order valence-corrected chi connectivity index (χ1v) is 11.6. The van der Waals surface area contributed by atoms with Crippen molar-refractivity contribution >= 4 is 23.6 Å². The van der Waals surface area contributed by atoms with Gasteiger partial charge in [-0.1, -0.05) is 42.5 Å². The van der Waals surface area contributed by atoms with Crippen LogP contribution < -0.4 is 20.1 Å². The number of carbonyl (C=O) groups is 3. The van der Waals surface area contributed by atoms with Crippen LogP contribution in [0.3, 0.4) is 0 Å². The lowest BCUT2D eigenvalue weighted by atomic mass is 9.79. The molecular weight excluding hydrogens is 456 g/mol. The topological polar surface area (TPSA) is 93.7 Å². The number of fused-ring (bicyclic) bond motifs is 1. The summed E-state index contributed by atoms with van der Waals surface area (Å²) in [7, 11) is 0. The smallest absolute Gasteiger partial charge is 0.328 e. The number of hydrogen-bond acceptors (Lipinski definition) is 5. The standard InChI is InChI=1S/C29H24N2O5/c1-3-35-19-14-12-18(13-15-19)26-22(16-23-27(32)30-29(34)31-28(23)33)25(20-9-5-4-8-17(20)2)21-10-6-7-11-24(21)36-26/h4-16,25H,3H2,1-2H3,(H2,30,31,32,33,34). The molecule has 2 heterocycles. The molecule has 0 aromatic heterocycles. The summed E-state index contributed by atoms with van der Waals surface area (Å²) in [5.74, 6) is 0.0651. The number of ether oxygens (including phenoxy) is 2. The third-order valence-corrected chi connectivity index (χ3v) is 6.19. The first-order valence-electron chi connectivity index (χ1n) is 11.6. The van der Waals surface area contributed by atoms with Crippen molar-refractivity contribution in [3.8, 4) is 11.5 Å². The minimum Gasteiger partial charge on any atom is -0.494 e. The molecule has 1 atom stereocenters. The van der Waals surface area contributed by atoms with Crippen LogP contribution in [0.25, 0.3) is 5.76 Å². The molecule has 0 spiro atoms. The van der Waals surface area contributed by atoms with Gasteiger partial charge in [0.1, 0.15) is 22.8 Å². The molecule has 0 radical (unpaired) electrons. The zero-order chi connectivity index (χ0) is 25.2. The van der Waals surface area contributed by atoms with Crippen LogP contribution in [0.1, 0.15) is 35.1 Å². The predicted molar refractivity (Wildman–Crippen MR) is 134 cm³/mol. The highest BCUT2D eigenvalue weighted by Gasteiger charge is 2.35. The molecule has 0 bridgehead atoms. The van der Waals surface area contributed by atoms with Gasteiger partial charge in [0, 0.05) is 22.6 Å². The Bertz CT molecular complexity index is 1410. The van der Waals surface area contributed by atoms with E-state index < -0.39 is 17.8 Å². The largest absolute Gasteiger partial charge is 0.494 e. The van der Waals surface area contributed by atoms with Gasteiger partial charge in [-0.25, -0.2) is 4.79 Å². The van der Waals surface area contributed by atoms with Gasteiger partial charge < -0.3 is 9.47 Å². The summed E-state index contributed by atoms with van der Waals surface area (Å²) >= 11 is 0. The Labute approximate surface area is 208 Å². The van der Waals surface area contributed by atoms with Gasteiger partial charge in [-0.2, -0.15) is 0 Å². The zero-order valence-electron chi connectivity index (χ0n) is 19.8. The Kier molecular flexibility index (Phi) is 6.12. The predicted octanol–water partition coefficient (Wildman–Crippen LogP) is 4.62. The van der Waals surface area contributed by atoms with Gasteiger partial charge in [-0.3, -0.25) is 20.2 Å². The monoisotopic (exact) mass is 480 g/mol. The molecule has 3 aromatic carbocycles. The molecule has 2 aliphatic rings. The number of amides is 4. The van der Waals surface area contributed by atoms with Crippen LogP contribution in [0, 0.1) is 6.92 Å². The second kappa shape index (κ2) is 9.54. The summed E-state index contributed by atoms with van der Waals surface area (Å²) in [6.07, 6.45) is 1.52. The highest BCUT2D eigenvalue weighted by atomic mass is 16.5. The minimum absolute atomic E-state index is 0.172. The normalized spacial score (nSPS) is 17.1. The van der Waals surface area contributed by atoms with Crippen molar-refractivity contribution in [2.24, 2.45) is 0 Å². The van der Waals surface area contributed by atoms with Gasteiger partial charge in [-0.05, 0) is 61.4 Å². The fraction of sp³-hybridized carbons (Fsp3) is 0.138. The van der Waals surface area contributed by atoms with Crippen molar-refractivity contribution in [1.82, 2.24) is 10.6 Å². The molecular formula is C29H24N2O5. The molecule has 36 heavy (non-hydrogen) atoms. The number of benzene rings is 3. The van der Waals surface area contributed by atoms with Crippen molar-refractivity contribution < 1.29 is 23.9 Å². The van der Waals surface area contributed by atoms with E-state index in [-0.39, 0.29) is 11.5 Å². The Morgan fingerprint density at radius 2 is 1.50 bits per heavy atom. The quantitative estimate of drug-likeness (QED) is 0.411. The van der Waals surface area contributed by atoms with E-state index in [2.05, 4.69) is 10.6 Å².